The van der Waals surface area contributed by atoms with Crippen LogP contribution in [0.5, 0.6) is 0 Å². The van der Waals surface area contributed by atoms with E-state index in [2.05, 4.69) is 4.98 Å². The molecule has 1 aliphatic carbocycles. The van der Waals surface area contributed by atoms with Gasteiger partial charge in [0, 0.05) is 24.9 Å². The Morgan fingerprint density at radius 1 is 1.32 bits per heavy atom. The summed E-state index contributed by atoms with van der Waals surface area (Å²) in [6.07, 6.45) is 6.66. The van der Waals surface area contributed by atoms with Crippen LogP contribution in [0.2, 0.25) is 0 Å². The third-order valence-electron chi connectivity index (χ3n) is 5.14. The molecule has 1 aromatic rings. The van der Waals surface area contributed by atoms with Crippen molar-refractivity contribution in [3.05, 3.63) is 15.6 Å². The molecule has 1 aliphatic heterocycles. The Morgan fingerprint density at radius 2 is 2.05 bits per heavy atom. The summed E-state index contributed by atoms with van der Waals surface area (Å²) in [4.78, 5) is 20.2. The van der Waals surface area contributed by atoms with Gasteiger partial charge in [0.2, 0.25) is 0 Å². The third kappa shape index (κ3) is 3.20. The maximum Gasteiger partial charge on any atom is 0.265 e. The number of piperidine rings is 1. The molecule has 4 nitrogen and oxygen atoms in total. The molecule has 3 rings (SSSR count). The number of nitrogens with zero attached hydrogens (tertiary/aromatic N) is 2. The number of aryl methyl sites for hydroxylation is 1. The van der Waals surface area contributed by atoms with Gasteiger partial charge < -0.3 is 10.0 Å². The van der Waals surface area contributed by atoms with Crippen LogP contribution in [0.15, 0.2) is 0 Å². The van der Waals surface area contributed by atoms with Gasteiger partial charge in [0.15, 0.2) is 0 Å². The van der Waals surface area contributed by atoms with E-state index in [-0.39, 0.29) is 17.9 Å². The number of carbonyl (C=O) groups is 1. The van der Waals surface area contributed by atoms with Crippen molar-refractivity contribution in [2.75, 3.05) is 13.1 Å². The molecule has 1 amide bonds. The zero-order valence-electron chi connectivity index (χ0n) is 13.5. The van der Waals surface area contributed by atoms with Crippen molar-refractivity contribution in [2.45, 2.75) is 64.4 Å². The van der Waals surface area contributed by atoms with Gasteiger partial charge in [-0.15, -0.1) is 11.3 Å². The van der Waals surface area contributed by atoms with Crippen molar-refractivity contribution in [1.82, 2.24) is 9.88 Å². The minimum Gasteiger partial charge on any atom is -0.393 e. The number of aliphatic hydroxyl groups is 1. The second-order valence-electron chi connectivity index (χ2n) is 6.84. The average molecular weight is 322 g/mol. The molecule has 2 unspecified atom stereocenters. The van der Waals surface area contributed by atoms with Crippen molar-refractivity contribution in [1.29, 1.82) is 0 Å². The largest absolute Gasteiger partial charge is 0.393 e. The van der Waals surface area contributed by atoms with Crippen molar-refractivity contribution < 1.29 is 9.90 Å². The van der Waals surface area contributed by atoms with E-state index in [1.165, 1.54) is 25.7 Å². The van der Waals surface area contributed by atoms with Crippen LogP contribution in [0.1, 0.15) is 71.7 Å². The lowest BCUT2D eigenvalue weighted by atomic mass is 9.93. The van der Waals surface area contributed by atoms with Gasteiger partial charge in [0.05, 0.1) is 16.8 Å². The molecule has 22 heavy (non-hydrogen) atoms. The van der Waals surface area contributed by atoms with Crippen LogP contribution in [-0.4, -0.2) is 40.1 Å². The zero-order valence-corrected chi connectivity index (χ0v) is 14.4. The smallest absolute Gasteiger partial charge is 0.265 e. The summed E-state index contributed by atoms with van der Waals surface area (Å²) >= 11 is 1.60. The van der Waals surface area contributed by atoms with E-state index < -0.39 is 0 Å². The standard InChI is InChI=1S/C17H26N2O2S/c1-11-15(22-16(18-11)13-6-3-4-7-13)17(21)19-9-5-8-14(10-19)12(2)20/h12-14,20H,3-10H2,1-2H3. The Balaban J connectivity index is 1.74. The lowest BCUT2D eigenvalue weighted by Gasteiger charge is -2.34. The molecular formula is C17H26N2O2S. The molecule has 2 aliphatic rings. The van der Waals surface area contributed by atoms with Gasteiger partial charge in [0.1, 0.15) is 4.88 Å². The maximum absolute atomic E-state index is 12.8. The molecule has 1 N–H and O–H groups in total. The number of amides is 1. The number of rotatable bonds is 3. The molecule has 2 heterocycles. The fourth-order valence-corrected chi connectivity index (χ4v) is 4.90. The number of thiazole rings is 1. The van der Waals surface area contributed by atoms with Crippen molar-refractivity contribution in [2.24, 2.45) is 5.92 Å². The van der Waals surface area contributed by atoms with Crippen LogP contribution in [-0.2, 0) is 0 Å². The van der Waals surface area contributed by atoms with Gasteiger partial charge in [-0.1, -0.05) is 12.8 Å². The van der Waals surface area contributed by atoms with Crippen LogP contribution in [0.25, 0.3) is 0 Å². The molecule has 1 saturated carbocycles. The zero-order chi connectivity index (χ0) is 15.7. The lowest BCUT2D eigenvalue weighted by Crippen LogP contribution is -2.42. The Morgan fingerprint density at radius 3 is 2.73 bits per heavy atom. The van der Waals surface area contributed by atoms with Crippen LogP contribution >= 0.6 is 11.3 Å². The van der Waals surface area contributed by atoms with E-state index >= 15 is 0 Å². The summed E-state index contributed by atoms with van der Waals surface area (Å²) in [7, 11) is 0. The Labute approximate surface area is 136 Å². The van der Waals surface area contributed by atoms with Crippen LogP contribution in [0.3, 0.4) is 0 Å². The van der Waals surface area contributed by atoms with Crippen LogP contribution < -0.4 is 0 Å². The first kappa shape index (κ1) is 15.9. The van der Waals surface area contributed by atoms with Gasteiger partial charge in [-0.3, -0.25) is 4.79 Å². The van der Waals surface area contributed by atoms with Gasteiger partial charge in [-0.25, -0.2) is 4.98 Å². The van der Waals surface area contributed by atoms with Gasteiger partial charge in [0.25, 0.3) is 5.91 Å². The van der Waals surface area contributed by atoms with Gasteiger partial charge in [-0.2, -0.15) is 0 Å². The average Bonchev–Trinajstić information content (AvgIpc) is 3.16. The fraction of sp³-hybridized carbons (Fsp3) is 0.765. The summed E-state index contributed by atoms with van der Waals surface area (Å²) in [5, 5.41) is 11.0. The highest BCUT2D eigenvalue weighted by atomic mass is 32.1. The summed E-state index contributed by atoms with van der Waals surface area (Å²) in [6, 6.07) is 0. The molecule has 0 aromatic carbocycles. The minimum absolute atomic E-state index is 0.115. The van der Waals surface area contributed by atoms with E-state index in [0.29, 0.717) is 12.5 Å². The first-order valence-corrected chi connectivity index (χ1v) is 9.32. The van der Waals surface area contributed by atoms with Crippen molar-refractivity contribution in [3.63, 3.8) is 0 Å². The topological polar surface area (TPSA) is 53.4 Å². The number of carbonyl (C=O) groups excluding carboxylic acids is 1. The monoisotopic (exact) mass is 322 g/mol. The summed E-state index contributed by atoms with van der Waals surface area (Å²) < 4.78 is 0. The molecule has 2 atom stereocenters. The highest BCUT2D eigenvalue weighted by Crippen LogP contribution is 2.37. The molecule has 2 fully saturated rings. The van der Waals surface area contributed by atoms with E-state index in [1.807, 2.05) is 18.7 Å². The third-order valence-corrected chi connectivity index (χ3v) is 6.45. The lowest BCUT2D eigenvalue weighted by molar-refractivity contribution is 0.0469. The highest BCUT2D eigenvalue weighted by molar-refractivity contribution is 7.13. The molecule has 0 radical (unpaired) electrons. The molecule has 5 heteroatoms. The Kier molecular flexibility index (Phi) is 4.83. The predicted octanol–water partition coefficient (Wildman–Crippen LogP) is 3.34. The number of aliphatic hydroxyl groups excluding tert-OH is 1. The number of hydrogen-bond donors (Lipinski definition) is 1. The maximum atomic E-state index is 12.8. The number of hydrogen-bond acceptors (Lipinski definition) is 4. The molecule has 122 valence electrons. The van der Waals surface area contributed by atoms with Gasteiger partial charge in [-0.05, 0) is 39.5 Å². The molecule has 1 aromatic heterocycles. The van der Waals surface area contributed by atoms with E-state index in [1.54, 1.807) is 11.3 Å². The quantitative estimate of drug-likeness (QED) is 0.928. The SMILES string of the molecule is Cc1nc(C2CCCC2)sc1C(=O)N1CCCC(C(C)O)C1. The first-order chi connectivity index (χ1) is 10.6. The summed E-state index contributed by atoms with van der Waals surface area (Å²) in [5.74, 6) is 0.890. The number of aromatic nitrogens is 1. The molecule has 0 spiro atoms. The molecule has 1 saturated heterocycles. The second kappa shape index (κ2) is 6.67. The minimum atomic E-state index is -0.341. The first-order valence-electron chi connectivity index (χ1n) is 8.51. The Hall–Kier alpha value is -0.940. The van der Waals surface area contributed by atoms with E-state index in [0.717, 1.165) is 35.0 Å². The molecular weight excluding hydrogens is 296 g/mol. The summed E-state index contributed by atoms with van der Waals surface area (Å²) in [5.41, 5.74) is 0.885. The summed E-state index contributed by atoms with van der Waals surface area (Å²) in [6.45, 7) is 5.26. The van der Waals surface area contributed by atoms with Crippen LogP contribution in [0.4, 0.5) is 0 Å². The van der Waals surface area contributed by atoms with Crippen molar-refractivity contribution >= 4 is 17.2 Å². The Bertz CT molecular complexity index is 535. The highest BCUT2D eigenvalue weighted by Gasteiger charge is 2.30. The second-order valence-corrected chi connectivity index (χ2v) is 7.87. The molecule has 0 bridgehead atoms. The number of likely N-dealkylation sites (tertiary alicyclic amines) is 1. The predicted molar refractivity (Wildman–Crippen MR) is 88.4 cm³/mol. The fourth-order valence-electron chi connectivity index (χ4n) is 3.69. The van der Waals surface area contributed by atoms with E-state index in [4.69, 9.17) is 0 Å². The van der Waals surface area contributed by atoms with Crippen molar-refractivity contribution in [3.8, 4) is 0 Å². The van der Waals surface area contributed by atoms with E-state index in [9.17, 15) is 9.90 Å². The normalized spacial score (nSPS) is 24.7. The van der Waals surface area contributed by atoms with Gasteiger partial charge >= 0.3 is 0 Å². The van der Waals surface area contributed by atoms with Crippen LogP contribution in [0, 0.1) is 12.8 Å².